The molecule has 0 saturated carbocycles. The van der Waals surface area contributed by atoms with Gasteiger partial charge in [-0.05, 0) is 12.0 Å². The fraction of sp³-hybridized carbons (Fsp3) is 0.364. The molecule has 2 N–H and O–H groups in total. The Kier molecular flexibility index (Phi) is 4.72. The zero-order valence-corrected chi connectivity index (χ0v) is 8.07. The Morgan fingerprint density at radius 1 is 1.29 bits per heavy atom. The highest BCUT2D eigenvalue weighted by Gasteiger charge is 2.00. The number of amides is 1. The number of rotatable bonds is 5. The van der Waals surface area contributed by atoms with Gasteiger partial charge in [0, 0.05) is 13.0 Å². The van der Waals surface area contributed by atoms with Crippen LogP contribution in [0.4, 0.5) is 0 Å². The topological polar surface area (TPSA) is 49.3 Å². The maximum atomic E-state index is 11.2. The normalized spacial score (nSPS) is 9.79. The van der Waals surface area contributed by atoms with Gasteiger partial charge in [0.1, 0.15) is 0 Å². The van der Waals surface area contributed by atoms with E-state index in [0.717, 1.165) is 12.0 Å². The van der Waals surface area contributed by atoms with Gasteiger partial charge in [-0.3, -0.25) is 4.79 Å². The Bertz CT molecular complexity index is 272. The minimum atomic E-state index is -0.0112. The maximum Gasteiger partial charge on any atom is 0.220 e. The van der Waals surface area contributed by atoms with Gasteiger partial charge in [-0.2, -0.15) is 0 Å². The smallest absolute Gasteiger partial charge is 0.220 e. The summed E-state index contributed by atoms with van der Waals surface area (Å²) >= 11 is 0. The molecule has 0 bridgehead atoms. The molecule has 1 aromatic rings. The third kappa shape index (κ3) is 4.05. The van der Waals surface area contributed by atoms with Crippen LogP contribution in [0.1, 0.15) is 12.0 Å². The average molecular weight is 192 g/mol. The van der Waals surface area contributed by atoms with Crippen LogP contribution < -0.4 is 5.32 Å². The fourth-order valence-electron chi connectivity index (χ4n) is 1.19. The lowest BCUT2D eigenvalue weighted by atomic mass is 9.91. The van der Waals surface area contributed by atoms with E-state index in [4.69, 9.17) is 5.11 Å². The number of aryl methyl sites for hydroxylation is 1. The quantitative estimate of drug-likeness (QED) is 0.722. The Labute approximate surface area is 83.8 Å². The van der Waals surface area contributed by atoms with Crippen molar-refractivity contribution in [3.63, 3.8) is 0 Å². The molecule has 3 heteroatoms. The van der Waals surface area contributed by atoms with E-state index in [2.05, 4.69) is 5.32 Å². The van der Waals surface area contributed by atoms with E-state index in [1.165, 1.54) is 0 Å². The average Bonchev–Trinajstić information content (AvgIpc) is 2.25. The minimum absolute atomic E-state index is 0.00290. The van der Waals surface area contributed by atoms with Crippen LogP contribution in [-0.2, 0) is 11.2 Å². The zero-order chi connectivity index (χ0) is 10.2. The molecule has 14 heavy (non-hydrogen) atoms. The molecule has 1 aromatic carbocycles. The summed E-state index contributed by atoms with van der Waals surface area (Å²) in [6.07, 6.45) is 1.22. The number of carbonyl (C=O) groups excluding carboxylic acids is 1. The number of carbonyl (C=O) groups is 1. The molecule has 1 rings (SSSR count). The Balaban J connectivity index is 2.24. The predicted molar refractivity (Wildman–Crippen MR) is 54.9 cm³/mol. The van der Waals surface area contributed by atoms with E-state index < -0.39 is 0 Å². The number of benzene rings is 1. The van der Waals surface area contributed by atoms with Crippen LogP contribution in [0.15, 0.2) is 30.3 Å². The van der Waals surface area contributed by atoms with Crippen molar-refractivity contribution in [1.82, 2.24) is 5.32 Å². The van der Waals surface area contributed by atoms with Gasteiger partial charge in [0.25, 0.3) is 0 Å². The molecule has 0 unspecified atom stereocenters. The molecule has 0 spiro atoms. The highest BCUT2D eigenvalue weighted by Crippen LogP contribution is 2.01. The monoisotopic (exact) mass is 192 g/mol. The summed E-state index contributed by atoms with van der Waals surface area (Å²) in [5.74, 6) is -0.0112. The van der Waals surface area contributed by atoms with Crippen LogP contribution in [0.25, 0.3) is 0 Å². The summed E-state index contributed by atoms with van der Waals surface area (Å²) < 4.78 is 0. The fourth-order valence-corrected chi connectivity index (χ4v) is 1.19. The number of hydrogen-bond acceptors (Lipinski definition) is 2. The van der Waals surface area contributed by atoms with Gasteiger partial charge in [0.15, 0.2) is 0 Å². The Morgan fingerprint density at radius 3 is 2.64 bits per heavy atom. The third-order valence-corrected chi connectivity index (χ3v) is 1.92. The summed E-state index contributed by atoms with van der Waals surface area (Å²) in [4.78, 5) is 11.2. The SMILES string of the molecule is O=[11C](CCc1ccccc1)NCCO. The Hall–Kier alpha value is -1.35. The second-order valence-electron chi connectivity index (χ2n) is 3.06. The number of nitrogens with one attached hydrogen (secondary N) is 1. The Morgan fingerprint density at radius 2 is 2.00 bits per heavy atom. The molecule has 0 aromatic heterocycles. The van der Waals surface area contributed by atoms with Crippen molar-refractivity contribution in [3.05, 3.63) is 35.9 Å². The van der Waals surface area contributed by atoms with Crippen molar-refractivity contribution in [3.8, 4) is 0 Å². The van der Waals surface area contributed by atoms with Gasteiger partial charge in [-0.1, -0.05) is 30.3 Å². The van der Waals surface area contributed by atoms with Crippen LogP contribution >= 0.6 is 0 Å². The molecule has 0 fully saturated rings. The minimum Gasteiger partial charge on any atom is -0.395 e. The summed E-state index contributed by atoms with van der Waals surface area (Å²) in [6, 6.07) is 9.87. The summed E-state index contributed by atoms with van der Waals surface area (Å²) in [5, 5.41) is 11.1. The molecular formula is C11H15NO2. The lowest BCUT2D eigenvalue weighted by molar-refractivity contribution is -0.121. The summed E-state index contributed by atoms with van der Waals surface area (Å²) in [7, 11) is 0. The molecule has 1 amide bonds. The number of hydrogen-bond donors (Lipinski definition) is 2. The van der Waals surface area contributed by atoms with Gasteiger partial charge >= 0.3 is 0 Å². The third-order valence-electron chi connectivity index (χ3n) is 1.92. The van der Waals surface area contributed by atoms with Crippen molar-refractivity contribution in [1.29, 1.82) is 0 Å². The van der Waals surface area contributed by atoms with Crippen LogP contribution in [0.3, 0.4) is 0 Å². The van der Waals surface area contributed by atoms with Gasteiger partial charge in [0.2, 0.25) is 5.91 Å². The maximum absolute atomic E-state index is 11.2. The van der Waals surface area contributed by atoms with Gasteiger partial charge in [-0.25, -0.2) is 0 Å². The first-order chi connectivity index (χ1) is 6.83. The van der Waals surface area contributed by atoms with E-state index in [1.54, 1.807) is 0 Å². The molecule has 0 radical (unpaired) electrons. The van der Waals surface area contributed by atoms with E-state index >= 15 is 0 Å². The lowest BCUT2D eigenvalue weighted by Gasteiger charge is -2.02. The van der Waals surface area contributed by atoms with Gasteiger partial charge in [0.05, 0.1) is 6.61 Å². The van der Waals surface area contributed by atoms with Crippen LogP contribution in [0, 0.1) is 0 Å². The lowest BCUT2D eigenvalue weighted by Crippen LogP contribution is -2.26. The molecule has 0 heterocycles. The molecular weight excluding hydrogens is 177 g/mol. The molecule has 3 nitrogen and oxygen atoms in total. The zero-order valence-electron chi connectivity index (χ0n) is 8.07. The van der Waals surface area contributed by atoms with Crippen LogP contribution in [-0.4, -0.2) is 24.2 Å². The van der Waals surface area contributed by atoms with Crippen LogP contribution in [0.5, 0.6) is 0 Å². The summed E-state index contributed by atoms with van der Waals surface area (Å²) in [6.45, 7) is 0.338. The number of aliphatic hydroxyl groups excluding tert-OH is 1. The van der Waals surface area contributed by atoms with E-state index in [0.29, 0.717) is 13.0 Å². The molecule has 0 atom stereocenters. The largest absolute Gasteiger partial charge is 0.395 e. The van der Waals surface area contributed by atoms with Crippen molar-refractivity contribution < 1.29 is 9.90 Å². The van der Waals surface area contributed by atoms with E-state index in [-0.39, 0.29) is 12.5 Å². The van der Waals surface area contributed by atoms with Crippen molar-refractivity contribution in [2.24, 2.45) is 0 Å². The number of aliphatic hydroxyl groups is 1. The van der Waals surface area contributed by atoms with Gasteiger partial charge in [-0.15, -0.1) is 0 Å². The predicted octanol–water partition coefficient (Wildman–Crippen LogP) is 0.728. The van der Waals surface area contributed by atoms with Gasteiger partial charge < -0.3 is 10.4 Å². The second kappa shape index (κ2) is 6.16. The van der Waals surface area contributed by atoms with E-state index in [9.17, 15) is 4.79 Å². The molecule has 0 aliphatic heterocycles. The second-order valence-corrected chi connectivity index (χ2v) is 3.06. The highest BCUT2D eigenvalue weighted by molar-refractivity contribution is 5.76. The summed E-state index contributed by atoms with van der Waals surface area (Å²) in [5.41, 5.74) is 1.16. The van der Waals surface area contributed by atoms with Crippen molar-refractivity contribution >= 4 is 5.91 Å². The molecule has 76 valence electrons. The van der Waals surface area contributed by atoms with Crippen molar-refractivity contribution in [2.45, 2.75) is 12.8 Å². The standard InChI is InChI=1S/C11H15NO2/c13-9-8-12-11(14)7-6-10-4-2-1-3-5-10/h1-5,13H,6-9H2,(H,12,14)/i11-1. The first kappa shape index (κ1) is 10.7. The first-order valence-electron chi connectivity index (χ1n) is 4.74. The molecule has 0 aliphatic rings. The van der Waals surface area contributed by atoms with Crippen molar-refractivity contribution in [2.75, 3.05) is 13.2 Å². The highest BCUT2D eigenvalue weighted by atomic mass is 16.3. The molecule has 0 saturated heterocycles. The van der Waals surface area contributed by atoms with E-state index in [1.807, 2.05) is 30.3 Å². The molecule has 0 aliphatic carbocycles. The van der Waals surface area contributed by atoms with Crippen LogP contribution in [0.2, 0.25) is 0 Å². The first-order valence-corrected chi connectivity index (χ1v) is 4.74.